The van der Waals surface area contributed by atoms with E-state index in [4.69, 9.17) is 5.11 Å². The molecule has 0 saturated carbocycles. The summed E-state index contributed by atoms with van der Waals surface area (Å²) in [4.78, 5) is 0. The van der Waals surface area contributed by atoms with Crippen LogP contribution in [0.25, 0.3) is 0 Å². The summed E-state index contributed by atoms with van der Waals surface area (Å²) in [5.41, 5.74) is 1.08. The molecule has 102 valence electrons. The Kier molecular flexibility index (Phi) is 7.47. The number of aliphatic hydroxyl groups is 1. The molecule has 18 heavy (non-hydrogen) atoms. The number of aliphatic hydroxyl groups excluding tert-OH is 1. The molecule has 0 spiro atoms. The van der Waals surface area contributed by atoms with Crippen LogP contribution in [0, 0.1) is 5.82 Å². The summed E-state index contributed by atoms with van der Waals surface area (Å²) in [6, 6.07) is 5.33. The zero-order valence-electron chi connectivity index (χ0n) is 10.8. The van der Waals surface area contributed by atoms with Gasteiger partial charge in [-0.2, -0.15) is 0 Å². The van der Waals surface area contributed by atoms with E-state index in [2.05, 4.69) is 28.2 Å². The molecule has 2 N–H and O–H groups in total. The Labute approximate surface area is 117 Å². The van der Waals surface area contributed by atoms with Crippen molar-refractivity contribution in [3.8, 4) is 0 Å². The highest BCUT2D eigenvalue weighted by Crippen LogP contribution is 2.21. The highest BCUT2D eigenvalue weighted by atomic mass is 79.9. The van der Waals surface area contributed by atoms with Gasteiger partial charge in [0.1, 0.15) is 5.82 Å². The van der Waals surface area contributed by atoms with Gasteiger partial charge in [0.05, 0.1) is 4.47 Å². The zero-order chi connectivity index (χ0) is 13.4. The van der Waals surface area contributed by atoms with E-state index in [1.807, 2.05) is 12.1 Å². The number of unbranched alkanes of at least 4 members (excludes halogenated alkanes) is 3. The Hall–Kier alpha value is -0.450. The van der Waals surface area contributed by atoms with E-state index in [0.29, 0.717) is 4.47 Å². The van der Waals surface area contributed by atoms with E-state index in [1.54, 1.807) is 0 Å². The Bertz CT molecular complexity index is 360. The van der Waals surface area contributed by atoms with Gasteiger partial charge in [-0.05, 0) is 59.9 Å². The SMILES string of the molecule is CC(NCCCCCCO)c1ccc(F)c(Br)c1. The van der Waals surface area contributed by atoms with E-state index in [-0.39, 0.29) is 18.5 Å². The lowest BCUT2D eigenvalue weighted by Crippen LogP contribution is -2.19. The van der Waals surface area contributed by atoms with E-state index in [0.717, 1.165) is 37.8 Å². The van der Waals surface area contributed by atoms with Gasteiger partial charge >= 0.3 is 0 Å². The van der Waals surface area contributed by atoms with Crippen LogP contribution in [-0.4, -0.2) is 18.3 Å². The fourth-order valence-corrected chi connectivity index (χ4v) is 2.20. The maximum Gasteiger partial charge on any atom is 0.137 e. The molecule has 0 aliphatic rings. The van der Waals surface area contributed by atoms with Crippen molar-refractivity contribution >= 4 is 15.9 Å². The molecule has 2 nitrogen and oxygen atoms in total. The molecule has 0 amide bonds. The van der Waals surface area contributed by atoms with Crippen LogP contribution in [0.1, 0.15) is 44.2 Å². The average Bonchev–Trinajstić information content (AvgIpc) is 2.36. The van der Waals surface area contributed by atoms with E-state index in [1.165, 1.54) is 6.07 Å². The van der Waals surface area contributed by atoms with Crippen molar-refractivity contribution in [3.63, 3.8) is 0 Å². The van der Waals surface area contributed by atoms with E-state index < -0.39 is 0 Å². The third-order valence-electron chi connectivity index (χ3n) is 2.98. The summed E-state index contributed by atoms with van der Waals surface area (Å²) in [5.74, 6) is -0.227. The Morgan fingerprint density at radius 3 is 2.67 bits per heavy atom. The van der Waals surface area contributed by atoms with Crippen LogP contribution in [0.2, 0.25) is 0 Å². The second-order valence-electron chi connectivity index (χ2n) is 4.49. The second-order valence-corrected chi connectivity index (χ2v) is 5.34. The summed E-state index contributed by atoms with van der Waals surface area (Å²) in [7, 11) is 0. The van der Waals surface area contributed by atoms with Crippen LogP contribution in [0.5, 0.6) is 0 Å². The molecule has 0 bridgehead atoms. The first-order valence-corrected chi connectivity index (χ1v) is 7.23. The molecule has 0 aliphatic heterocycles. The summed E-state index contributed by atoms with van der Waals surface area (Å²) < 4.78 is 13.6. The normalized spacial score (nSPS) is 12.7. The predicted molar refractivity (Wildman–Crippen MR) is 76.1 cm³/mol. The molecule has 1 aromatic rings. The minimum atomic E-state index is -0.227. The third kappa shape index (κ3) is 5.46. The number of nitrogens with one attached hydrogen (secondary N) is 1. The van der Waals surface area contributed by atoms with Crippen LogP contribution in [-0.2, 0) is 0 Å². The lowest BCUT2D eigenvalue weighted by atomic mass is 10.1. The highest BCUT2D eigenvalue weighted by molar-refractivity contribution is 9.10. The van der Waals surface area contributed by atoms with Crippen molar-refractivity contribution in [2.75, 3.05) is 13.2 Å². The molecule has 1 unspecified atom stereocenters. The van der Waals surface area contributed by atoms with E-state index in [9.17, 15) is 4.39 Å². The molecular formula is C14H21BrFNO. The quantitative estimate of drug-likeness (QED) is 0.715. The van der Waals surface area contributed by atoms with Crippen LogP contribution in [0.15, 0.2) is 22.7 Å². The van der Waals surface area contributed by atoms with Gasteiger partial charge in [-0.1, -0.05) is 18.9 Å². The lowest BCUT2D eigenvalue weighted by Gasteiger charge is -2.14. The van der Waals surface area contributed by atoms with Crippen molar-refractivity contribution in [2.45, 2.75) is 38.6 Å². The number of halogens is 2. The summed E-state index contributed by atoms with van der Waals surface area (Å²) in [6.45, 7) is 3.31. The fraction of sp³-hybridized carbons (Fsp3) is 0.571. The van der Waals surface area contributed by atoms with E-state index >= 15 is 0 Å². The molecule has 0 fully saturated rings. The van der Waals surface area contributed by atoms with Gasteiger partial charge in [0, 0.05) is 12.6 Å². The topological polar surface area (TPSA) is 32.3 Å². The zero-order valence-corrected chi connectivity index (χ0v) is 12.3. The largest absolute Gasteiger partial charge is 0.396 e. The van der Waals surface area contributed by atoms with Crippen molar-refractivity contribution in [2.24, 2.45) is 0 Å². The number of hydrogen-bond donors (Lipinski definition) is 2. The van der Waals surface area contributed by atoms with Gasteiger partial charge in [0.25, 0.3) is 0 Å². The third-order valence-corrected chi connectivity index (χ3v) is 3.59. The predicted octanol–water partition coefficient (Wildman–Crippen LogP) is 3.79. The van der Waals surface area contributed by atoms with Crippen LogP contribution < -0.4 is 5.32 Å². The van der Waals surface area contributed by atoms with Crippen LogP contribution in [0.3, 0.4) is 0 Å². The average molecular weight is 318 g/mol. The van der Waals surface area contributed by atoms with Gasteiger partial charge in [-0.15, -0.1) is 0 Å². The van der Waals surface area contributed by atoms with Gasteiger partial charge in [0.2, 0.25) is 0 Å². The first-order chi connectivity index (χ1) is 8.65. The summed E-state index contributed by atoms with van der Waals surface area (Å²) >= 11 is 3.20. The molecule has 0 radical (unpaired) electrons. The monoisotopic (exact) mass is 317 g/mol. The maximum atomic E-state index is 13.1. The standard InChI is InChI=1S/C14H21BrFNO/c1-11(17-8-4-2-3-5-9-18)12-6-7-14(16)13(15)10-12/h6-7,10-11,17-18H,2-5,8-9H2,1H3. The molecular weight excluding hydrogens is 297 g/mol. The molecule has 0 saturated heterocycles. The van der Waals surface area contributed by atoms with Crippen molar-refractivity contribution in [3.05, 3.63) is 34.1 Å². The minimum absolute atomic E-state index is 0.222. The minimum Gasteiger partial charge on any atom is -0.396 e. The first kappa shape index (κ1) is 15.6. The number of hydrogen-bond acceptors (Lipinski definition) is 2. The van der Waals surface area contributed by atoms with Crippen LogP contribution >= 0.6 is 15.9 Å². The van der Waals surface area contributed by atoms with Gasteiger partial charge < -0.3 is 10.4 Å². The molecule has 0 heterocycles. The molecule has 1 atom stereocenters. The van der Waals surface area contributed by atoms with Crippen LogP contribution in [0.4, 0.5) is 4.39 Å². The molecule has 0 aliphatic carbocycles. The van der Waals surface area contributed by atoms with Crippen molar-refractivity contribution < 1.29 is 9.50 Å². The fourth-order valence-electron chi connectivity index (χ4n) is 1.81. The highest BCUT2D eigenvalue weighted by Gasteiger charge is 2.07. The molecule has 0 aromatic heterocycles. The Morgan fingerprint density at radius 1 is 1.28 bits per heavy atom. The van der Waals surface area contributed by atoms with Gasteiger partial charge in [-0.3, -0.25) is 0 Å². The van der Waals surface area contributed by atoms with Gasteiger partial charge in [0.15, 0.2) is 0 Å². The molecule has 4 heteroatoms. The number of rotatable bonds is 8. The second kappa shape index (κ2) is 8.62. The molecule has 1 rings (SSSR count). The first-order valence-electron chi connectivity index (χ1n) is 6.44. The summed E-state index contributed by atoms with van der Waals surface area (Å²) in [6.07, 6.45) is 4.20. The number of benzene rings is 1. The Morgan fingerprint density at radius 2 is 2.00 bits per heavy atom. The lowest BCUT2D eigenvalue weighted by molar-refractivity contribution is 0.282. The smallest absolute Gasteiger partial charge is 0.137 e. The molecule has 1 aromatic carbocycles. The van der Waals surface area contributed by atoms with Gasteiger partial charge in [-0.25, -0.2) is 4.39 Å². The Balaban J connectivity index is 2.27. The van der Waals surface area contributed by atoms with Crippen molar-refractivity contribution in [1.29, 1.82) is 0 Å². The maximum absolute atomic E-state index is 13.1. The van der Waals surface area contributed by atoms with Crippen molar-refractivity contribution in [1.82, 2.24) is 5.32 Å². The summed E-state index contributed by atoms with van der Waals surface area (Å²) in [5, 5.41) is 12.1.